The molecule has 0 amide bonds. The van der Waals surface area contributed by atoms with Crippen molar-refractivity contribution in [2.75, 3.05) is 0 Å². The molecule has 0 fully saturated rings. The Morgan fingerprint density at radius 2 is 1.74 bits per heavy atom. The molecule has 1 aromatic heterocycles. The Hall–Kier alpha value is -3.64. The molecule has 0 saturated carbocycles. The fourth-order valence-corrected chi connectivity index (χ4v) is 2.23. The molecule has 3 aromatic rings. The summed E-state index contributed by atoms with van der Waals surface area (Å²) >= 11 is 0. The number of hydrogen-bond donors (Lipinski definition) is 1. The summed E-state index contributed by atoms with van der Waals surface area (Å²) in [6.07, 6.45) is 3.65. The number of fused-ring (bicyclic) bond motifs is 1. The molecule has 2 aromatic carbocycles. The number of aryl methyl sites for hydroxylation is 1. The van der Waals surface area contributed by atoms with Crippen LogP contribution in [0.15, 0.2) is 53.8 Å². The average molecular weight is 304 g/mol. The molecule has 0 unspecified atom stereocenters. The zero-order chi connectivity index (χ0) is 17.2. The highest BCUT2D eigenvalue weighted by Crippen LogP contribution is 2.27. The molecule has 6 nitrogen and oxygen atoms in total. The van der Waals surface area contributed by atoms with E-state index in [1.54, 1.807) is 6.21 Å². The Morgan fingerprint density at radius 3 is 2.35 bits per heavy atom. The molecule has 2 N–H and O–H groups in total. The Morgan fingerprint density at radius 1 is 1.09 bits per heavy atom. The van der Waals surface area contributed by atoms with E-state index in [1.807, 2.05) is 30.1 Å². The normalized spacial score (nSPS) is 9.61. The molecule has 0 aliphatic rings. The fourth-order valence-electron chi connectivity index (χ4n) is 2.23. The lowest BCUT2D eigenvalue weighted by molar-refractivity contribution is 0.780. The van der Waals surface area contributed by atoms with Gasteiger partial charge in [-0.05, 0) is 11.1 Å². The van der Waals surface area contributed by atoms with Crippen molar-refractivity contribution in [3.8, 4) is 24.3 Å². The van der Waals surface area contributed by atoms with Gasteiger partial charge in [-0.1, -0.05) is 42.5 Å². The second kappa shape index (κ2) is 8.60. The Labute approximate surface area is 134 Å². The van der Waals surface area contributed by atoms with Crippen LogP contribution in [0.1, 0.15) is 5.56 Å². The van der Waals surface area contributed by atoms with E-state index in [9.17, 15) is 0 Å². The van der Waals surface area contributed by atoms with Crippen molar-refractivity contribution in [1.82, 2.24) is 9.78 Å². The minimum absolute atomic E-state index is 0.986. The number of aromatic nitrogens is 2. The molecule has 0 spiro atoms. The summed E-state index contributed by atoms with van der Waals surface area (Å²) in [4.78, 5) is 0. The lowest BCUT2D eigenvalue weighted by atomic mass is 10.0. The van der Waals surface area contributed by atoms with E-state index in [4.69, 9.17) is 16.4 Å². The highest BCUT2D eigenvalue weighted by Gasteiger charge is 2.06. The molecular weight excluding hydrogens is 288 g/mol. The number of nitrogens with two attached hydrogens (primary N) is 1. The van der Waals surface area contributed by atoms with Crippen LogP contribution in [-0.4, -0.2) is 16.0 Å². The average Bonchev–Trinajstić information content (AvgIpc) is 3.00. The zero-order valence-corrected chi connectivity index (χ0v) is 12.7. The topological polar surface area (TPSA) is 104 Å². The van der Waals surface area contributed by atoms with Crippen LogP contribution in [0.4, 0.5) is 0 Å². The monoisotopic (exact) mass is 304 g/mol. The molecule has 1 heterocycles. The predicted octanol–water partition coefficient (Wildman–Crippen LogP) is 2.81. The summed E-state index contributed by atoms with van der Waals surface area (Å²) < 4.78 is 1.84. The van der Waals surface area contributed by atoms with E-state index in [-0.39, 0.29) is 0 Å². The van der Waals surface area contributed by atoms with Gasteiger partial charge in [0, 0.05) is 37.3 Å². The third-order valence-corrected chi connectivity index (χ3v) is 3.10. The lowest BCUT2D eigenvalue weighted by Crippen LogP contribution is -1.88. The summed E-state index contributed by atoms with van der Waals surface area (Å²) in [6, 6.07) is 14.3. The zero-order valence-electron chi connectivity index (χ0n) is 12.7. The van der Waals surface area contributed by atoms with Crippen molar-refractivity contribution in [1.29, 1.82) is 10.5 Å². The van der Waals surface area contributed by atoms with E-state index in [0.29, 0.717) is 0 Å². The molecule has 23 heavy (non-hydrogen) atoms. The summed E-state index contributed by atoms with van der Waals surface area (Å²) in [5.74, 6) is 5.14. The van der Waals surface area contributed by atoms with Gasteiger partial charge in [-0.3, -0.25) is 4.68 Å². The largest absolute Gasteiger partial charge is 0.323 e. The maximum Gasteiger partial charge on any atom is 0.100 e. The second-order valence-electron chi connectivity index (χ2n) is 4.45. The minimum Gasteiger partial charge on any atom is -0.323 e. The molecule has 0 radical (unpaired) electrons. The maximum absolute atomic E-state index is 6.50. The number of hydrazone groups is 1. The highest BCUT2D eigenvalue weighted by atomic mass is 15.2. The molecule has 0 bridgehead atoms. The molecule has 0 atom stereocenters. The third-order valence-electron chi connectivity index (χ3n) is 3.10. The van der Waals surface area contributed by atoms with Gasteiger partial charge in [-0.25, -0.2) is 10.5 Å². The van der Waals surface area contributed by atoms with Gasteiger partial charge in [0.2, 0.25) is 0 Å². The Balaban J connectivity index is 0.000000615. The van der Waals surface area contributed by atoms with E-state index >= 15 is 0 Å². The van der Waals surface area contributed by atoms with Crippen molar-refractivity contribution in [2.45, 2.75) is 0 Å². The number of benzene rings is 2. The van der Waals surface area contributed by atoms with Crippen LogP contribution in [0, 0.1) is 23.7 Å². The van der Waals surface area contributed by atoms with Gasteiger partial charge in [0.05, 0.1) is 6.21 Å². The number of hydrogen-bond acceptors (Lipinski definition) is 5. The van der Waals surface area contributed by atoms with E-state index in [1.165, 1.54) is 0 Å². The fraction of sp³-hybridized carbons (Fsp3) is 0.0588. The van der Waals surface area contributed by atoms with Gasteiger partial charge in [-0.15, -0.1) is 0 Å². The van der Waals surface area contributed by atoms with Crippen LogP contribution < -0.4 is 5.84 Å². The standard InChI is InChI=1S/C15H14N4.2CHN/c1-19-10-13-3-2-4-14(15(13)18-19)12-7-5-11(6-8-12)9-17-16;2*1-2/h2-10H,16H2,1H3;2*1H. The van der Waals surface area contributed by atoms with Gasteiger partial charge >= 0.3 is 0 Å². The lowest BCUT2D eigenvalue weighted by Gasteiger charge is -2.03. The SMILES string of the molecule is C#N.C#N.Cn1cc2cccc(-c3ccc(C=NN)cc3)c2n1. The first kappa shape index (κ1) is 17.4. The third kappa shape index (κ3) is 3.93. The van der Waals surface area contributed by atoms with Gasteiger partial charge in [0.25, 0.3) is 0 Å². The maximum atomic E-state index is 6.50. The quantitative estimate of drug-likeness (QED) is 0.446. The van der Waals surface area contributed by atoms with Gasteiger partial charge < -0.3 is 5.84 Å². The van der Waals surface area contributed by atoms with E-state index < -0.39 is 0 Å². The summed E-state index contributed by atoms with van der Waals surface area (Å²) in [6.45, 7) is 7.00. The van der Waals surface area contributed by atoms with Crippen LogP contribution in [0.2, 0.25) is 0 Å². The van der Waals surface area contributed by atoms with Gasteiger partial charge in [-0.2, -0.15) is 10.2 Å². The first-order valence-electron chi connectivity index (χ1n) is 6.55. The Bertz CT molecular complexity index is 818. The number of nitrogens with zero attached hydrogens (tertiary/aromatic N) is 5. The predicted molar refractivity (Wildman–Crippen MR) is 91.3 cm³/mol. The number of nitriles is 2. The van der Waals surface area contributed by atoms with Crippen molar-refractivity contribution < 1.29 is 0 Å². The van der Waals surface area contributed by atoms with Crippen LogP contribution in [0.5, 0.6) is 0 Å². The molecule has 6 heteroatoms. The van der Waals surface area contributed by atoms with Gasteiger partial charge in [0.1, 0.15) is 5.52 Å². The molecule has 3 rings (SSSR count). The molecular formula is C17H16N6. The summed E-state index contributed by atoms with van der Waals surface area (Å²) in [5.41, 5.74) is 4.28. The van der Waals surface area contributed by atoms with E-state index in [2.05, 4.69) is 53.7 Å². The van der Waals surface area contributed by atoms with Gasteiger partial charge in [0.15, 0.2) is 0 Å². The van der Waals surface area contributed by atoms with Crippen LogP contribution in [0.25, 0.3) is 22.0 Å². The first-order valence-corrected chi connectivity index (χ1v) is 6.55. The van der Waals surface area contributed by atoms with Crippen LogP contribution >= 0.6 is 0 Å². The van der Waals surface area contributed by atoms with Crippen molar-refractivity contribution in [3.05, 3.63) is 54.2 Å². The smallest absolute Gasteiger partial charge is 0.100 e. The Kier molecular flexibility index (Phi) is 6.51. The summed E-state index contributed by atoms with van der Waals surface area (Å²) in [7, 11) is 1.94. The minimum atomic E-state index is 0.986. The van der Waals surface area contributed by atoms with Crippen LogP contribution in [0.3, 0.4) is 0 Å². The van der Waals surface area contributed by atoms with Crippen LogP contribution in [-0.2, 0) is 7.05 Å². The highest BCUT2D eigenvalue weighted by molar-refractivity contribution is 5.93. The molecule has 0 aliphatic carbocycles. The first-order chi connectivity index (χ1) is 11.3. The van der Waals surface area contributed by atoms with Crippen molar-refractivity contribution >= 4 is 17.1 Å². The van der Waals surface area contributed by atoms with Crippen molar-refractivity contribution in [3.63, 3.8) is 0 Å². The molecule has 114 valence electrons. The second-order valence-corrected chi connectivity index (χ2v) is 4.45. The van der Waals surface area contributed by atoms with E-state index in [0.717, 1.165) is 27.6 Å². The number of rotatable bonds is 2. The summed E-state index contributed by atoms with van der Waals surface area (Å²) in [5, 5.41) is 22.2. The molecule has 0 aliphatic heterocycles. The van der Waals surface area contributed by atoms with Crippen molar-refractivity contribution in [2.24, 2.45) is 18.0 Å². The molecule has 0 saturated heterocycles.